The molecule has 0 aromatic carbocycles. The minimum absolute atomic E-state index is 0.350. The van der Waals surface area contributed by atoms with Gasteiger partial charge in [0.05, 0.1) is 13.7 Å². The van der Waals surface area contributed by atoms with Crippen molar-refractivity contribution in [2.75, 3.05) is 13.7 Å². The van der Waals surface area contributed by atoms with E-state index >= 15 is 0 Å². The molecule has 1 N–H and O–H groups in total. The third kappa shape index (κ3) is 5.30. The monoisotopic (exact) mass is 237 g/mol. The van der Waals surface area contributed by atoms with Gasteiger partial charge in [-0.2, -0.15) is 0 Å². The Hall–Kier alpha value is -0.380. The molecule has 0 heterocycles. The number of carbonyl (C=O) groups excluding carboxylic acids is 1. The van der Waals surface area contributed by atoms with Crippen LogP contribution in [0.5, 0.6) is 0 Å². The molecule has 0 aromatic heterocycles. The zero-order chi connectivity index (χ0) is 12.1. The number of hydrogen-bond donors (Lipinski definition) is 1. The van der Waals surface area contributed by atoms with Gasteiger partial charge in [-0.15, -0.1) is 0 Å². The van der Waals surface area contributed by atoms with E-state index in [1.165, 1.54) is 7.11 Å². The third-order valence-corrected chi connectivity index (χ3v) is 2.92. The summed E-state index contributed by atoms with van der Waals surface area (Å²) in [5, 5.41) is 2.66. The Labute approximate surface area is 91.4 Å². The van der Waals surface area contributed by atoms with Crippen LogP contribution in [0.1, 0.15) is 27.7 Å². The fourth-order valence-electron chi connectivity index (χ4n) is 1.04. The molecule has 0 aliphatic heterocycles. The van der Waals surface area contributed by atoms with E-state index in [0.717, 1.165) is 0 Å². The van der Waals surface area contributed by atoms with Crippen LogP contribution in [0.15, 0.2) is 0 Å². The zero-order valence-electron chi connectivity index (χ0n) is 9.92. The van der Waals surface area contributed by atoms with Crippen LogP contribution in [-0.4, -0.2) is 25.7 Å². The number of rotatable bonds is 5. The van der Waals surface area contributed by atoms with Gasteiger partial charge in [-0.25, -0.2) is 5.09 Å². The van der Waals surface area contributed by atoms with Crippen molar-refractivity contribution in [3.63, 3.8) is 0 Å². The average Bonchev–Trinajstić information content (AvgIpc) is 2.12. The largest absolute Gasteiger partial charge is 0.468 e. The van der Waals surface area contributed by atoms with Gasteiger partial charge in [0.15, 0.2) is 0 Å². The number of esters is 1. The summed E-state index contributed by atoms with van der Waals surface area (Å²) in [5.41, 5.74) is -0.371. The van der Waals surface area contributed by atoms with Gasteiger partial charge in [-0.1, -0.05) is 20.8 Å². The van der Waals surface area contributed by atoms with E-state index in [9.17, 15) is 9.36 Å². The lowest BCUT2D eigenvalue weighted by atomic mass is 9.87. The molecule has 15 heavy (non-hydrogen) atoms. The van der Waals surface area contributed by atoms with Crippen molar-refractivity contribution in [1.29, 1.82) is 0 Å². The Morgan fingerprint density at radius 2 is 2.00 bits per heavy atom. The van der Waals surface area contributed by atoms with Crippen LogP contribution in [0.3, 0.4) is 0 Å². The second kappa shape index (κ2) is 6.26. The van der Waals surface area contributed by atoms with Gasteiger partial charge in [-0.05, 0) is 12.3 Å². The van der Waals surface area contributed by atoms with E-state index in [4.69, 9.17) is 4.52 Å². The second-order valence-electron chi connectivity index (χ2n) is 4.19. The molecular formula is C9H20NO4P. The summed E-state index contributed by atoms with van der Waals surface area (Å²) >= 11 is 0. The van der Waals surface area contributed by atoms with Crippen LogP contribution >= 0.6 is 8.18 Å². The predicted molar refractivity (Wildman–Crippen MR) is 59.0 cm³/mol. The maximum absolute atomic E-state index is 11.4. The highest BCUT2D eigenvalue weighted by Gasteiger charge is 2.33. The van der Waals surface area contributed by atoms with Crippen LogP contribution < -0.4 is 5.09 Å². The van der Waals surface area contributed by atoms with E-state index < -0.39 is 20.2 Å². The van der Waals surface area contributed by atoms with E-state index in [1.54, 1.807) is 6.92 Å². The molecule has 6 heteroatoms. The highest BCUT2D eigenvalue weighted by molar-refractivity contribution is 7.36. The molecule has 0 saturated carbocycles. The molecule has 0 spiro atoms. The molecule has 0 aliphatic rings. The molecule has 0 amide bonds. The molecular weight excluding hydrogens is 217 g/mol. The molecule has 90 valence electrons. The van der Waals surface area contributed by atoms with E-state index in [2.05, 4.69) is 9.82 Å². The SMILES string of the molecule is CCO[PH](=O)N[C@@H](C(=O)OC)C(C)(C)C. The Morgan fingerprint density at radius 1 is 1.47 bits per heavy atom. The number of hydrogen-bond acceptors (Lipinski definition) is 4. The summed E-state index contributed by atoms with van der Waals surface area (Å²) in [5.74, 6) is -0.430. The molecule has 0 fully saturated rings. The standard InChI is InChI=1S/C9H20NO4P/c1-6-14-15(12)10-7(8(11)13-5)9(2,3)4/h7,15H,6H2,1-5H3,(H,10,12)/t7-/m0/s1. The predicted octanol–water partition coefficient (Wildman–Crippen LogP) is 1.59. The quantitative estimate of drug-likeness (QED) is 0.581. The molecule has 0 radical (unpaired) electrons. The van der Waals surface area contributed by atoms with E-state index in [-0.39, 0.29) is 5.41 Å². The van der Waals surface area contributed by atoms with E-state index in [0.29, 0.717) is 6.61 Å². The summed E-state index contributed by atoms with van der Waals surface area (Å²) < 4.78 is 20.9. The first-order valence-electron chi connectivity index (χ1n) is 4.84. The van der Waals surface area contributed by atoms with Crippen LogP contribution in [-0.2, 0) is 18.6 Å². The van der Waals surface area contributed by atoms with Gasteiger partial charge in [-0.3, -0.25) is 9.36 Å². The fraction of sp³-hybridized carbons (Fsp3) is 0.889. The van der Waals surface area contributed by atoms with Crippen molar-refractivity contribution in [3.8, 4) is 0 Å². The summed E-state index contributed by atoms with van der Waals surface area (Å²) in [7, 11) is -1.07. The minimum atomic E-state index is -2.38. The molecule has 5 nitrogen and oxygen atoms in total. The minimum Gasteiger partial charge on any atom is -0.468 e. The Kier molecular flexibility index (Phi) is 6.10. The maximum atomic E-state index is 11.4. The molecule has 0 aromatic rings. The van der Waals surface area contributed by atoms with E-state index in [1.807, 2.05) is 20.8 Å². The first-order chi connectivity index (χ1) is 6.82. The smallest absolute Gasteiger partial charge is 0.323 e. The topological polar surface area (TPSA) is 64.6 Å². The number of carbonyl (C=O) groups is 1. The Morgan fingerprint density at radius 3 is 2.33 bits per heavy atom. The van der Waals surface area contributed by atoms with Crippen LogP contribution in [0.4, 0.5) is 0 Å². The zero-order valence-corrected chi connectivity index (χ0v) is 10.9. The highest BCUT2D eigenvalue weighted by atomic mass is 31.1. The first-order valence-corrected chi connectivity index (χ1v) is 6.15. The molecule has 0 rings (SSSR count). The lowest BCUT2D eigenvalue weighted by Gasteiger charge is -2.28. The molecule has 0 saturated heterocycles. The summed E-state index contributed by atoms with van der Waals surface area (Å²) in [4.78, 5) is 11.4. The van der Waals surface area contributed by atoms with Gasteiger partial charge in [0.1, 0.15) is 6.04 Å². The lowest BCUT2D eigenvalue weighted by molar-refractivity contribution is -0.145. The molecule has 1 unspecified atom stereocenters. The molecule has 0 aliphatic carbocycles. The fourth-order valence-corrected chi connectivity index (χ4v) is 2.17. The average molecular weight is 237 g/mol. The van der Waals surface area contributed by atoms with Crippen molar-refractivity contribution < 1.29 is 18.6 Å². The third-order valence-electron chi connectivity index (χ3n) is 1.84. The van der Waals surface area contributed by atoms with Gasteiger partial charge < -0.3 is 9.26 Å². The first kappa shape index (κ1) is 14.6. The molecule has 2 atom stereocenters. The lowest BCUT2D eigenvalue weighted by Crippen LogP contribution is -2.44. The Balaban J connectivity index is 4.53. The summed E-state index contributed by atoms with van der Waals surface area (Å²) in [6.45, 7) is 7.69. The van der Waals surface area contributed by atoms with Gasteiger partial charge >= 0.3 is 5.97 Å². The van der Waals surface area contributed by atoms with Crippen molar-refractivity contribution in [3.05, 3.63) is 0 Å². The molecule has 0 bridgehead atoms. The van der Waals surface area contributed by atoms with Gasteiger partial charge in [0, 0.05) is 0 Å². The van der Waals surface area contributed by atoms with Crippen LogP contribution in [0, 0.1) is 5.41 Å². The van der Waals surface area contributed by atoms with Crippen molar-refractivity contribution in [2.45, 2.75) is 33.7 Å². The highest BCUT2D eigenvalue weighted by Crippen LogP contribution is 2.27. The van der Waals surface area contributed by atoms with Gasteiger partial charge in [0.25, 0.3) is 8.18 Å². The van der Waals surface area contributed by atoms with Crippen molar-refractivity contribution in [2.24, 2.45) is 5.41 Å². The number of methoxy groups -OCH3 is 1. The normalized spacial score (nSPS) is 15.8. The maximum Gasteiger partial charge on any atom is 0.323 e. The summed E-state index contributed by atoms with van der Waals surface area (Å²) in [6, 6.07) is -0.625. The van der Waals surface area contributed by atoms with Crippen molar-refractivity contribution >= 4 is 14.1 Å². The van der Waals surface area contributed by atoms with Gasteiger partial charge in [0.2, 0.25) is 0 Å². The Bertz CT molecular complexity index is 237. The number of nitrogens with one attached hydrogen (secondary N) is 1. The van der Waals surface area contributed by atoms with Crippen LogP contribution in [0.25, 0.3) is 0 Å². The summed E-state index contributed by atoms with van der Waals surface area (Å²) in [6.07, 6.45) is 0. The number of ether oxygens (including phenoxy) is 1. The second-order valence-corrected chi connectivity index (χ2v) is 5.34. The van der Waals surface area contributed by atoms with Crippen LogP contribution in [0.2, 0.25) is 0 Å². The van der Waals surface area contributed by atoms with Crippen molar-refractivity contribution in [1.82, 2.24) is 5.09 Å².